The summed E-state index contributed by atoms with van der Waals surface area (Å²) in [5.41, 5.74) is 0.769. The molecule has 3 rings (SSSR count). The van der Waals surface area contributed by atoms with Gasteiger partial charge in [-0.1, -0.05) is 28.4 Å². The first-order chi connectivity index (χ1) is 12.4. The van der Waals surface area contributed by atoms with E-state index in [4.69, 9.17) is 27.9 Å². The fraction of sp³-hybridized carbons (Fsp3) is 0.143. The molecular weight excluding hydrogens is 398 g/mol. The molecule has 0 aliphatic heterocycles. The summed E-state index contributed by atoms with van der Waals surface area (Å²) in [4.78, 5) is 7.22. The summed E-state index contributed by atoms with van der Waals surface area (Å²) in [6.07, 6.45) is 2.36. The van der Waals surface area contributed by atoms with Gasteiger partial charge in [0.25, 0.3) is 0 Å². The fourth-order valence-electron chi connectivity index (χ4n) is 1.85. The Labute approximate surface area is 154 Å². The van der Waals surface area contributed by atoms with E-state index in [0.29, 0.717) is 11.4 Å². The zero-order chi connectivity index (χ0) is 18.7. The van der Waals surface area contributed by atoms with Gasteiger partial charge >= 0.3 is 12.6 Å². The highest BCUT2D eigenvalue weighted by Gasteiger charge is 2.12. The average molecular weight is 406 g/mol. The van der Waals surface area contributed by atoms with Crippen molar-refractivity contribution in [3.05, 3.63) is 52.3 Å². The minimum absolute atomic E-state index is 0.0306. The number of rotatable bonds is 6. The van der Waals surface area contributed by atoms with Gasteiger partial charge in [0.2, 0.25) is 0 Å². The van der Waals surface area contributed by atoms with Gasteiger partial charge in [0.1, 0.15) is 18.1 Å². The number of hydrogen-bond donors (Lipinski definition) is 0. The van der Waals surface area contributed by atoms with Gasteiger partial charge in [-0.2, -0.15) is 13.8 Å². The Kier molecular flexibility index (Phi) is 5.43. The lowest BCUT2D eigenvalue weighted by atomic mass is 10.3. The van der Waals surface area contributed by atoms with Crippen LogP contribution in [-0.2, 0) is 6.61 Å². The molecule has 7 nitrogen and oxygen atoms in total. The monoisotopic (exact) mass is 405 g/mol. The molecule has 0 amide bonds. The van der Waals surface area contributed by atoms with E-state index in [1.807, 2.05) is 0 Å². The van der Waals surface area contributed by atoms with Crippen molar-refractivity contribution in [2.75, 3.05) is 0 Å². The lowest BCUT2D eigenvalue weighted by Gasteiger charge is -2.08. The standard InChI is InChI=1S/C14H8Cl2F3N5O2/c15-9-2-1-8(3-11(9)26-13(18)19)24-5-7(22-23-24)6-25-14-20-4-10(17)12(16)21-14/h1-5,13H,6H2. The van der Waals surface area contributed by atoms with Gasteiger partial charge in [-0.3, -0.25) is 0 Å². The van der Waals surface area contributed by atoms with Crippen molar-refractivity contribution < 1.29 is 22.6 Å². The van der Waals surface area contributed by atoms with Crippen LogP contribution in [0.4, 0.5) is 13.2 Å². The molecule has 0 fully saturated rings. The van der Waals surface area contributed by atoms with Gasteiger partial charge in [-0.05, 0) is 12.1 Å². The number of halogens is 5. The van der Waals surface area contributed by atoms with E-state index in [1.54, 1.807) is 6.07 Å². The zero-order valence-corrected chi connectivity index (χ0v) is 14.1. The summed E-state index contributed by atoms with van der Waals surface area (Å²) in [5.74, 6) is -0.962. The lowest BCUT2D eigenvalue weighted by molar-refractivity contribution is -0.0497. The number of alkyl halides is 2. The molecule has 2 heterocycles. The van der Waals surface area contributed by atoms with Crippen LogP contribution in [0.1, 0.15) is 5.69 Å². The lowest BCUT2D eigenvalue weighted by Crippen LogP contribution is -2.03. The topological polar surface area (TPSA) is 75.0 Å². The zero-order valence-electron chi connectivity index (χ0n) is 12.6. The second-order valence-corrected chi connectivity index (χ2v) is 5.49. The van der Waals surface area contributed by atoms with Crippen LogP contribution in [0, 0.1) is 5.82 Å². The SMILES string of the molecule is Fc1cnc(OCc2cn(-c3ccc(Cl)c(OC(F)F)c3)nn2)nc1Cl. The summed E-state index contributed by atoms with van der Waals surface area (Å²) in [6.45, 7) is -3.08. The Morgan fingerprint density at radius 1 is 1.23 bits per heavy atom. The summed E-state index contributed by atoms with van der Waals surface area (Å²) in [5, 5.41) is 7.38. The Bertz CT molecular complexity index is 925. The van der Waals surface area contributed by atoms with Gasteiger partial charge < -0.3 is 9.47 Å². The molecule has 0 atom stereocenters. The van der Waals surface area contributed by atoms with E-state index < -0.39 is 12.4 Å². The number of hydrogen-bond acceptors (Lipinski definition) is 6. The number of ether oxygens (including phenoxy) is 2. The van der Waals surface area contributed by atoms with Crippen molar-refractivity contribution >= 4 is 23.2 Å². The van der Waals surface area contributed by atoms with Crippen LogP contribution in [-0.4, -0.2) is 31.6 Å². The summed E-state index contributed by atoms with van der Waals surface area (Å²) < 4.78 is 48.6. The first-order valence-electron chi connectivity index (χ1n) is 6.89. The number of nitrogens with zero attached hydrogens (tertiary/aromatic N) is 5. The van der Waals surface area contributed by atoms with Crippen molar-refractivity contribution in [2.24, 2.45) is 0 Å². The quantitative estimate of drug-likeness (QED) is 0.582. The molecule has 136 valence electrons. The third-order valence-corrected chi connectivity index (χ3v) is 3.54. The van der Waals surface area contributed by atoms with E-state index in [9.17, 15) is 13.2 Å². The summed E-state index contributed by atoms with van der Waals surface area (Å²) in [7, 11) is 0. The summed E-state index contributed by atoms with van der Waals surface area (Å²) >= 11 is 11.3. The van der Waals surface area contributed by atoms with E-state index >= 15 is 0 Å². The van der Waals surface area contributed by atoms with Gasteiger partial charge in [-0.25, -0.2) is 14.1 Å². The molecule has 0 unspecified atom stereocenters. The van der Waals surface area contributed by atoms with Crippen molar-refractivity contribution in [1.29, 1.82) is 0 Å². The Morgan fingerprint density at radius 3 is 2.77 bits per heavy atom. The largest absolute Gasteiger partial charge is 0.457 e. The average Bonchev–Trinajstić information content (AvgIpc) is 3.06. The summed E-state index contributed by atoms with van der Waals surface area (Å²) in [6, 6.07) is 4.09. The van der Waals surface area contributed by atoms with E-state index in [2.05, 4.69) is 25.0 Å². The molecule has 0 aliphatic rings. The Morgan fingerprint density at radius 2 is 2.04 bits per heavy atom. The van der Waals surface area contributed by atoms with E-state index in [1.165, 1.54) is 23.0 Å². The second kappa shape index (κ2) is 7.75. The van der Waals surface area contributed by atoms with Crippen LogP contribution in [0.3, 0.4) is 0 Å². The van der Waals surface area contributed by atoms with Gasteiger partial charge in [-0.15, -0.1) is 5.10 Å². The molecule has 2 aromatic heterocycles. The molecule has 0 N–H and O–H groups in total. The van der Waals surface area contributed by atoms with Crippen LogP contribution in [0.5, 0.6) is 11.8 Å². The maximum absolute atomic E-state index is 13.0. The van der Waals surface area contributed by atoms with Crippen molar-refractivity contribution in [2.45, 2.75) is 13.2 Å². The first kappa shape index (κ1) is 18.2. The van der Waals surface area contributed by atoms with Crippen LogP contribution in [0.2, 0.25) is 10.2 Å². The molecule has 3 aromatic rings. The molecular formula is C14H8Cl2F3N5O2. The minimum Gasteiger partial charge on any atom is -0.457 e. The van der Waals surface area contributed by atoms with E-state index in [-0.39, 0.29) is 28.5 Å². The Hall–Kier alpha value is -2.59. The van der Waals surface area contributed by atoms with Gasteiger partial charge in [0, 0.05) is 6.07 Å². The third-order valence-electron chi connectivity index (χ3n) is 2.96. The van der Waals surface area contributed by atoms with Crippen LogP contribution in [0.15, 0.2) is 30.6 Å². The molecule has 0 spiro atoms. The minimum atomic E-state index is -3.01. The third kappa shape index (κ3) is 4.33. The highest BCUT2D eigenvalue weighted by atomic mass is 35.5. The molecule has 12 heteroatoms. The first-order valence-corrected chi connectivity index (χ1v) is 7.65. The molecule has 0 saturated carbocycles. The van der Waals surface area contributed by atoms with Crippen LogP contribution < -0.4 is 9.47 Å². The second-order valence-electron chi connectivity index (χ2n) is 4.73. The molecule has 0 saturated heterocycles. The van der Waals surface area contributed by atoms with Gasteiger partial charge in [0.05, 0.1) is 23.1 Å². The van der Waals surface area contributed by atoms with Gasteiger partial charge in [0.15, 0.2) is 11.0 Å². The number of benzene rings is 1. The van der Waals surface area contributed by atoms with Crippen LogP contribution >= 0.6 is 23.2 Å². The maximum Gasteiger partial charge on any atom is 0.387 e. The predicted octanol–water partition coefficient (Wildman–Crippen LogP) is 3.68. The molecule has 1 aromatic carbocycles. The molecule has 0 aliphatic carbocycles. The van der Waals surface area contributed by atoms with Crippen molar-refractivity contribution in [1.82, 2.24) is 25.0 Å². The van der Waals surface area contributed by atoms with Crippen molar-refractivity contribution in [3.8, 4) is 17.4 Å². The number of aromatic nitrogens is 5. The predicted molar refractivity (Wildman–Crippen MR) is 84.3 cm³/mol. The highest BCUT2D eigenvalue weighted by molar-refractivity contribution is 6.32. The maximum atomic E-state index is 13.0. The molecule has 26 heavy (non-hydrogen) atoms. The normalized spacial score (nSPS) is 11.0. The highest BCUT2D eigenvalue weighted by Crippen LogP contribution is 2.28. The van der Waals surface area contributed by atoms with Crippen molar-refractivity contribution in [3.63, 3.8) is 0 Å². The molecule has 0 radical (unpaired) electrons. The Balaban J connectivity index is 1.72. The fourth-order valence-corrected chi connectivity index (χ4v) is 2.13. The smallest absolute Gasteiger partial charge is 0.387 e. The van der Waals surface area contributed by atoms with Crippen LogP contribution in [0.25, 0.3) is 5.69 Å². The van der Waals surface area contributed by atoms with E-state index in [0.717, 1.165) is 6.20 Å². The molecule has 0 bridgehead atoms.